The van der Waals surface area contributed by atoms with Crippen LogP contribution >= 0.6 is 0 Å². The van der Waals surface area contributed by atoms with Crippen molar-refractivity contribution in [3.8, 4) is 6.07 Å². The lowest BCUT2D eigenvalue weighted by Gasteiger charge is -2.32. The van der Waals surface area contributed by atoms with E-state index in [1.54, 1.807) is 36.7 Å². The molecule has 1 amide bonds. The van der Waals surface area contributed by atoms with Gasteiger partial charge in [-0.2, -0.15) is 5.26 Å². The summed E-state index contributed by atoms with van der Waals surface area (Å²) in [5.41, 5.74) is 1.55. The molecular weight excluding hydrogens is 304 g/mol. The zero-order valence-corrected chi connectivity index (χ0v) is 13.4. The Morgan fingerprint density at radius 3 is 2.33 bits per heavy atom. The summed E-state index contributed by atoms with van der Waals surface area (Å²) in [4.78, 5) is 25.2. The fourth-order valence-electron chi connectivity index (χ4n) is 2.45. The van der Waals surface area contributed by atoms with E-state index < -0.39 is 0 Å². The third-order valence-corrected chi connectivity index (χ3v) is 3.96. The van der Waals surface area contributed by atoms with Gasteiger partial charge < -0.3 is 15.1 Å². The van der Waals surface area contributed by atoms with E-state index in [1.165, 1.54) is 0 Å². The number of nitriles is 1. The van der Waals surface area contributed by atoms with Gasteiger partial charge in [0.1, 0.15) is 0 Å². The molecule has 0 radical (unpaired) electrons. The van der Waals surface area contributed by atoms with Crippen molar-refractivity contribution >= 4 is 17.5 Å². The van der Waals surface area contributed by atoms with Crippen LogP contribution in [0.25, 0.3) is 0 Å². The van der Waals surface area contributed by atoms with Crippen LogP contribution in [0.15, 0.2) is 36.7 Å². The third-order valence-electron chi connectivity index (χ3n) is 3.96. The first kappa shape index (κ1) is 15.9. The molecule has 7 heteroatoms. The van der Waals surface area contributed by atoms with Crippen LogP contribution in [0.3, 0.4) is 0 Å². The summed E-state index contributed by atoms with van der Waals surface area (Å²) >= 11 is 0. The largest absolute Gasteiger partial charge is 0.338 e. The van der Waals surface area contributed by atoms with E-state index in [-0.39, 0.29) is 5.91 Å². The topological polar surface area (TPSA) is 85.1 Å². The van der Waals surface area contributed by atoms with Gasteiger partial charge >= 0.3 is 0 Å². The molecule has 0 spiro atoms. The Morgan fingerprint density at radius 2 is 1.75 bits per heavy atom. The molecule has 7 nitrogen and oxygen atoms in total. The smallest absolute Gasteiger partial charge is 0.255 e. The highest BCUT2D eigenvalue weighted by atomic mass is 16.1. The van der Waals surface area contributed by atoms with Gasteiger partial charge in [0, 0.05) is 31.7 Å². The molecule has 0 atom stereocenters. The van der Waals surface area contributed by atoms with Crippen LogP contribution in [0.1, 0.15) is 15.9 Å². The molecule has 1 aromatic carbocycles. The Hall–Kier alpha value is -2.98. The number of hydrogen-bond acceptors (Lipinski definition) is 6. The molecule has 24 heavy (non-hydrogen) atoms. The molecule has 1 aromatic heterocycles. The van der Waals surface area contributed by atoms with Crippen molar-refractivity contribution in [2.45, 2.75) is 0 Å². The number of nitrogens with one attached hydrogen (secondary N) is 1. The summed E-state index contributed by atoms with van der Waals surface area (Å²) in [5.74, 6) is 0.426. The van der Waals surface area contributed by atoms with Crippen molar-refractivity contribution in [1.29, 1.82) is 5.26 Å². The first-order valence-electron chi connectivity index (χ1n) is 7.73. The number of hydrogen-bond donors (Lipinski definition) is 1. The van der Waals surface area contributed by atoms with Gasteiger partial charge in [-0.25, -0.2) is 9.97 Å². The molecule has 0 unspecified atom stereocenters. The minimum atomic E-state index is -0.254. The second-order valence-electron chi connectivity index (χ2n) is 5.71. The van der Waals surface area contributed by atoms with Gasteiger partial charge in [-0.05, 0) is 31.3 Å². The normalized spacial score (nSPS) is 14.9. The van der Waals surface area contributed by atoms with E-state index in [9.17, 15) is 4.79 Å². The second kappa shape index (κ2) is 7.06. The van der Waals surface area contributed by atoms with Crippen LogP contribution < -0.4 is 10.2 Å². The van der Waals surface area contributed by atoms with Crippen LogP contribution in [0, 0.1) is 11.3 Å². The zero-order valence-electron chi connectivity index (χ0n) is 13.4. The number of amides is 1. The van der Waals surface area contributed by atoms with Crippen molar-refractivity contribution in [2.75, 3.05) is 43.4 Å². The minimum Gasteiger partial charge on any atom is -0.338 e. The fourth-order valence-corrected chi connectivity index (χ4v) is 2.45. The zero-order chi connectivity index (χ0) is 16.9. The predicted octanol–water partition coefficient (Wildman–Crippen LogP) is 1.35. The number of rotatable bonds is 3. The van der Waals surface area contributed by atoms with Gasteiger partial charge in [0.05, 0.1) is 29.7 Å². The molecule has 1 N–H and O–H groups in total. The van der Waals surface area contributed by atoms with Crippen LogP contribution in [0.4, 0.5) is 11.6 Å². The maximum absolute atomic E-state index is 12.2. The number of carbonyl (C=O) groups excluding carboxylic acids is 1. The lowest BCUT2D eigenvalue weighted by molar-refractivity contribution is 0.102. The van der Waals surface area contributed by atoms with Crippen molar-refractivity contribution in [2.24, 2.45) is 0 Å². The average Bonchev–Trinajstić information content (AvgIpc) is 2.63. The number of nitrogens with zero attached hydrogens (tertiary/aromatic N) is 5. The summed E-state index contributed by atoms with van der Waals surface area (Å²) in [6.45, 7) is 3.77. The number of aromatic nitrogens is 2. The van der Waals surface area contributed by atoms with E-state index in [2.05, 4.69) is 32.1 Å². The van der Waals surface area contributed by atoms with Crippen LogP contribution in [-0.4, -0.2) is 54.0 Å². The monoisotopic (exact) mass is 322 g/mol. The number of likely N-dealkylation sites (N-methyl/N-ethyl adjacent to an activating group) is 1. The highest BCUT2D eigenvalue weighted by Gasteiger charge is 2.16. The Kier molecular flexibility index (Phi) is 4.68. The predicted molar refractivity (Wildman–Crippen MR) is 90.9 cm³/mol. The summed E-state index contributed by atoms with van der Waals surface area (Å²) in [6.07, 6.45) is 3.23. The summed E-state index contributed by atoms with van der Waals surface area (Å²) in [5, 5.41) is 11.5. The summed E-state index contributed by atoms with van der Waals surface area (Å²) in [6, 6.07) is 8.49. The van der Waals surface area contributed by atoms with Crippen molar-refractivity contribution < 1.29 is 4.79 Å². The van der Waals surface area contributed by atoms with Crippen LogP contribution in [0.5, 0.6) is 0 Å². The standard InChI is InChI=1S/C17H18N6O/c1-22-6-8-23(9-7-22)17-19-11-15(12-20-17)21-16(24)14-4-2-13(10-18)3-5-14/h2-5,11-12H,6-9H2,1H3,(H,21,24). The molecule has 0 saturated carbocycles. The quantitative estimate of drug-likeness (QED) is 0.918. The summed E-state index contributed by atoms with van der Waals surface area (Å²) in [7, 11) is 2.10. The van der Waals surface area contributed by atoms with Crippen molar-refractivity contribution in [3.05, 3.63) is 47.8 Å². The first-order valence-corrected chi connectivity index (χ1v) is 7.73. The van der Waals surface area contributed by atoms with Crippen LogP contribution in [-0.2, 0) is 0 Å². The molecule has 2 heterocycles. The summed E-state index contributed by atoms with van der Waals surface area (Å²) < 4.78 is 0. The fraction of sp³-hybridized carbons (Fsp3) is 0.294. The molecular formula is C17H18N6O. The molecule has 0 bridgehead atoms. The lowest BCUT2D eigenvalue weighted by Crippen LogP contribution is -2.45. The Morgan fingerprint density at radius 1 is 1.12 bits per heavy atom. The number of piperazine rings is 1. The first-order chi connectivity index (χ1) is 11.7. The third kappa shape index (κ3) is 3.67. The molecule has 1 fully saturated rings. The molecule has 3 rings (SSSR count). The number of benzene rings is 1. The van der Waals surface area contributed by atoms with E-state index in [0.717, 1.165) is 26.2 Å². The lowest BCUT2D eigenvalue weighted by atomic mass is 10.1. The Balaban J connectivity index is 1.63. The molecule has 2 aromatic rings. The van der Waals surface area contributed by atoms with E-state index >= 15 is 0 Å². The number of carbonyl (C=O) groups is 1. The van der Waals surface area contributed by atoms with Gasteiger partial charge in [0.25, 0.3) is 5.91 Å². The Labute approximate surface area is 140 Å². The maximum Gasteiger partial charge on any atom is 0.255 e. The van der Waals surface area contributed by atoms with Crippen molar-refractivity contribution in [3.63, 3.8) is 0 Å². The Bertz CT molecular complexity index is 742. The van der Waals surface area contributed by atoms with Gasteiger partial charge in [-0.1, -0.05) is 0 Å². The molecule has 1 aliphatic heterocycles. The van der Waals surface area contributed by atoms with E-state index in [0.29, 0.717) is 22.8 Å². The minimum absolute atomic E-state index is 0.254. The van der Waals surface area contributed by atoms with E-state index in [1.807, 2.05) is 6.07 Å². The van der Waals surface area contributed by atoms with Gasteiger partial charge in [0.2, 0.25) is 5.95 Å². The highest BCUT2D eigenvalue weighted by Crippen LogP contribution is 2.13. The average molecular weight is 322 g/mol. The van der Waals surface area contributed by atoms with Crippen LogP contribution in [0.2, 0.25) is 0 Å². The van der Waals surface area contributed by atoms with Crippen molar-refractivity contribution in [1.82, 2.24) is 14.9 Å². The molecule has 0 aliphatic carbocycles. The SMILES string of the molecule is CN1CCN(c2ncc(NC(=O)c3ccc(C#N)cc3)cn2)CC1. The number of anilines is 2. The van der Waals surface area contributed by atoms with Gasteiger partial charge in [0.15, 0.2) is 0 Å². The highest BCUT2D eigenvalue weighted by molar-refractivity contribution is 6.04. The molecule has 1 aliphatic rings. The van der Waals surface area contributed by atoms with Gasteiger partial charge in [-0.15, -0.1) is 0 Å². The molecule has 122 valence electrons. The second-order valence-corrected chi connectivity index (χ2v) is 5.71. The molecule has 1 saturated heterocycles. The van der Waals surface area contributed by atoms with Gasteiger partial charge in [-0.3, -0.25) is 4.79 Å². The van der Waals surface area contributed by atoms with E-state index in [4.69, 9.17) is 5.26 Å². The maximum atomic E-state index is 12.2.